The van der Waals surface area contributed by atoms with Gasteiger partial charge in [-0.25, -0.2) is 4.98 Å². The van der Waals surface area contributed by atoms with Crippen LogP contribution < -0.4 is 14.8 Å². The summed E-state index contributed by atoms with van der Waals surface area (Å²) in [6.07, 6.45) is 4.54. The van der Waals surface area contributed by atoms with Crippen molar-refractivity contribution in [2.75, 3.05) is 14.2 Å². The van der Waals surface area contributed by atoms with Gasteiger partial charge in [0.25, 0.3) is 0 Å². The highest BCUT2D eigenvalue weighted by Crippen LogP contribution is 2.32. The van der Waals surface area contributed by atoms with Gasteiger partial charge in [0.2, 0.25) is 11.1 Å². The first-order valence-corrected chi connectivity index (χ1v) is 9.60. The summed E-state index contributed by atoms with van der Waals surface area (Å²) in [6, 6.07) is 5.81. The van der Waals surface area contributed by atoms with Gasteiger partial charge in [0.1, 0.15) is 11.5 Å². The van der Waals surface area contributed by atoms with Crippen molar-refractivity contribution >= 4 is 17.7 Å². The quantitative estimate of drug-likeness (QED) is 0.722. The molecule has 2 N–H and O–H groups in total. The molecule has 1 heterocycles. The van der Waals surface area contributed by atoms with Gasteiger partial charge in [-0.2, -0.15) is 0 Å². The first kappa shape index (κ1) is 18.6. The largest absolute Gasteiger partial charge is 0.497 e. The van der Waals surface area contributed by atoms with E-state index in [-0.39, 0.29) is 11.2 Å². The second-order valence-electron chi connectivity index (χ2n) is 6.28. The minimum Gasteiger partial charge on any atom is -0.497 e. The number of benzene rings is 1. The van der Waals surface area contributed by atoms with Crippen LogP contribution in [0.1, 0.15) is 32.6 Å². The normalized spacial score (nSPS) is 15.7. The highest BCUT2D eigenvalue weighted by atomic mass is 32.2. The summed E-state index contributed by atoms with van der Waals surface area (Å²) in [7, 11) is 3.20. The van der Waals surface area contributed by atoms with Crippen LogP contribution in [0.15, 0.2) is 23.4 Å². The smallest absolute Gasteiger partial charge is 0.233 e. The number of hydrogen-bond acceptors (Lipinski definition) is 6. The number of rotatable bonds is 7. The number of ether oxygens (including phenoxy) is 2. The number of amides is 1. The molecule has 0 bridgehead atoms. The fourth-order valence-corrected chi connectivity index (χ4v) is 3.75. The molecule has 140 valence electrons. The number of nitrogens with one attached hydrogen (secondary N) is 2. The van der Waals surface area contributed by atoms with Gasteiger partial charge in [0, 0.05) is 12.1 Å². The van der Waals surface area contributed by atoms with Crippen LogP contribution in [0.2, 0.25) is 0 Å². The zero-order valence-corrected chi connectivity index (χ0v) is 16.1. The summed E-state index contributed by atoms with van der Waals surface area (Å²) in [4.78, 5) is 16.8. The van der Waals surface area contributed by atoms with Crippen LogP contribution in [0.5, 0.6) is 11.5 Å². The van der Waals surface area contributed by atoms with Crippen LogP contribution in [0, 0.1) is 0 Å². The van der Waals surface area contributed by atoms with E-state index in [0.717, 1.165) is 18.4 Å². The number of H-pyrrole nitrogens is 1. The third-order valence-corrected chi connectivity index (χ3v) is 5.44. The van der Waals surface area contributed by atoms with Crippen molar-refractivity contribution in [3.05, 3.63) is 18.2 Å². The summed E-state index contributed by atoms with van der Waals surface area (Å²) in [6.45, 7) is 1.87. The molecule has 8 heteroatoms. The van der Waals surface area contributed by atoms with Crippen molar-refractivity contribution in [3.63, 3.8) is 0 Å². The molecule has 1 aliphatic rings. The Morgan fingerprint density at radius 1 is 1.31 bits per heavy atom. The van der Waals surface area contributed by atoms with E-state index < -0.39 is 0 Å². The van der Waals surface area contributed by atoms with Crippen molar-refractivity contribution in [2.24, 2.45) is 0 Å². The minimum atomic E-state index is -0.253. The number of aromatic nitrogens is 3. The summed E-state index contributed by atoms with van der Waals surface area (Å²) in [5, 5.41) is 10.5. The maximum absolute atomic E-state index is 12.3. The van der Waals surface area contributed by atoms with E-state index in [0.29, 0.717) is 28.5 Å². The van der Waals surface area contributed by atoms with E-state index in [1.165, 1.54) is 24.6 Å². The Hall–Kier alpha value is -2.22. The van der Waals surface area contributed by atoms with Crippen molar-refractivity contribution in [3.8, 4) is 22.9 Å². The van der Waals surface area contributed by atoms with Gasteiger partial charge in [0.15, 0.2) is 5.82 Å². The van der Waals surface area contributed by atoms with Crippen molar-refractivity contribution in [1.82, 2.24) is 20.5 Å². The molecule has 1 saturated carbocycles. The molecule has 0 spiro atoms. The fourth-order valence-electron chi connectivity index (χ4n) is 3.01. The Kier molecular flexibility index (Phi) is 6.03. The number of hydrogen-bond donors (Lipinski definition) is 2. The van der Waals surface area contributed by atoms with E-state index >= 15 is 0 Å². The lowest BCUT2D eigenvalue weighted by Gasteiger charge is -2.15. The van der Waals surface area contributed by atoms with Crippen LogP contribution in [0.25, 0.3) is 11.4 Å². The third-order valence-electron chi connectivity index (χ3n) is 4.48. The zero-order chi connectivity index (χ0) is 18.5. The van der Waals surface area contributed by atoms with Crippen molar-refractivity contribution in [2.45, 2.75) is 49.1 Å². The Morgan fingerprint density at radius 2 is 2.08 bits per heavy atom. The van der Waals surface area contributed by atoms with Crippen molar-refractivity contribution in [1.29, 1.82) is 0 Å². The SMILES string of the molecule is COc1ccc(-c2nc(S[C@H](C)C(=O)NC3CCCC3)n[nH]2)c(OC)c1. The van der Waals surface area contributed by atoms with E-state index in [2.05, 4.69) is 20.5 Å². The van der Waals surface area contributed by atoms with Crippen molar-refractivity contribution < 1.29 is 14.3 Å². The molecule has 26 heavy (non-hydrogen) atoms. The van der Waals surface area contributed by atoms with Gasteiger partial charge in [0.05, 0.1) is 25.0 Å². The van der Waals surface area contributed by atoms with Gasteiger partial charge in [-0.3, -0.25) is 9.89 Å². The van der Waals surface area contributed by atoms with Gasteiger partial charge >= 0.3 is 0 Å². The number of nitrogens with zero attached hydrogens (tertiary/aromatic N) is 2. The topological polar surface area (TPSA) is 89.1 Å². The second kappa shape index (κ2) is 8.44. The number of carbonyl (C=O) groups excluding carboxylic acids is 1. The number of aromatic amines is 1. The monoisotopic (exact) mass is 376 g/mol. The predicted molar refractivity (Wildman–Crippen MR) is 101 cm³/mol. The van der Waals surface area contributed by atoms with Crippen LogP contribution in [0.3, 0.4) is 0 Å². The molecule has 0 unspecified atom stereocenters. The second-order valence-corrected chi connectivity index (χ2v) is 7.59. The maximum Gasteiger partial charge on any atom is 0.233 e. The highest BCUT2D eigenvalue weighted by Gasteiger charge is 2.22. The maximum atomic E-state index is 12.3. The Balaban J connectivity index is 1.66. The molecule has 7 nitrogen and oxygen atoms in total. The summed E-state index contributed by atoms with van der Waals surface area (Å²) >= 11 is 1.34. The molecule has 2 aromatic rings. The molecule has 1 aromatic heterocycles. The van der Waals surface area contributed by atoms with Gasteiger partial charge in [-0.1, -0.05) is 24.6 Å². The van der Waals surface area contributed by atoms with E-state index in [1.54, 1.807) is 20.3 Å². The Labute approximate surface area is 157 Å². The molecule has 0 radical (unpaired) electrons. The lowest BCUT2D eigenvalue weighted by Crippen LogP contribution is -2.37. The standard InChI is InChI=1S/C18H24N4O3S/c1-11(17(23)19-12-6-4-5-7-12)26-18-20-16(21-22-18)14-9-8-13(24-2)10-15(14)25-3/h8-12H,4-7H2,1-3H3,(H,19,23)(H,20,21,22)/t11-/m1/s1. The van der Waals surface area contributed by atoms with E-state index in [9.17, 15) is 4.79 Å². The first-order chi connectivity index (χ1) is 12.6. The molecule has 0 aliphatic heterocycles. The number of methoxy groups -OCH3 is 2. The average Bonchev–Trinajstić information content (AvgIpc) is 3.33. The number of thioether (sulfide) groups is 1. The lowest BCUT2D eigenvalue weighted by molar-refractivity contribution is -0.120. The highest BCUT2D eigenvalue weighted by molar-refractivity contribution is 8.00. The summed E-state index contributed by atoms with van der Waals surface area (Å²) in [5.74, 6) is 1.98. The minimum absolute atomic E-state index is 0.0373. The van der Waals surface area contributed by atoms with E-state index in [4.69, 9.17) is 9.47 Å². The molecular formula is C18H24N4O3S. The Morgan fingerprint density at radius 3 is 2.77 bits per heavy atom. The molecule has 0 saturated heterocycles. The van der Waals surface area contributed by atoms with Gasteiger partial charge in [-0.15, -0.1) is 5.10 Å². The summed E-state index contributed by atoms with van der Waals surface area (Å²) in [5.41, 5.74) is 0.788. The molecule has 1 aliphatic carbocycles. The zero-order valence-electron chi connectivity index (χ0n) is 15.2. The van der Waals surface area contributed by atoms with Gasteiger partial charge < -0.3 is 14.8 Å². The van der Waals surface area contributed by atoms with Crippen LogP contribution in [0.4, 0.5) is 0 Å². The Bertz CT molecular complexity index is 759. The molecular weight excluding hydrogens is 352 g/mol. The van der Waals surface area contributed by atoms with E-state index in [1.807, 2.05) is 19.1 Å². The summed E-state index contributed by atoms with van der Waals surface area (Å²) < 4.78 is 10.6. The molecule has 1 amide bonds. The molecule has 1 aromatic carbocycles. The molecule has 3 rings (SSSR count). The first-order valence-electron chi connectivity index (χ1n) is 8.72. The molecule has 1 atom stereocenters. The van der Waals surface area contributed by atoms with Crippen LogP contribution >= 0.6 is 11.8 Å². The number of carbonyl (C=O) groups is 1. The average molecular weight is 376 g/mol. The van der Waals surface area contributed by atoms with Crippen LogP contribution in [-0.2, 0) is 4.79 Å². The molecule has 1 fully saturated rings. The predicted octanol–water partition coefficient (Wildman–Crippen LogP) is 3.03. The lowest BCUT2D eigenvalue weighted by atomic mass is 10.2. The third kappa shape index (κ3) is 4.30. The fraction of sp³-hybridized carbons (Fsp3) is 0.500. The van der Waals surface area contributed by atoms with Gasteiger partial charge in [-0.05, 0) is 31.9 Å². The van der Waals surface area contributed by atoms with Crippen LogP contribution in [-0.4, -0.2) is 46.6 Å².